The molecule has 2 aliphatic heterocycles. The van der Waals surface area contributed by atoms with Gasteiger partial charge < -0.3 is 15.0 Å². The molecule has 32 heavy (non-hydrogen) atoms. The number of aromatic nitrogens is 2. The molecule has 1 atom stereocenters. The minimum Gasteiger partial charge on any atom is -0.490 e. The number of anilines is 3. The molecular weight excluding hydrogens is 434 g/mol. The fourth-order valence-corrected chi connectivity index (χ4v) is 5.30. The molecule has 1 saturated heterocycles. The van der Waals surface area contributed by atoms with Gasteiger partial charge >= 0.3 is 0 Å². The zero-order valence-corrected chi connectivity index (χ0v) is 18.1. The molecule has 3 heterocycles. The van der Waals surface area contributed by atoms with Gasteiger partial charge in [-0.05, 0) is 42.5 Å². The first-order valence-electron chi connectivity index (χ1n) is 10.5. The molecule has 166 valence electrons. The van der Waals surface area contributed by atoms with Crippen molar-refractivity contribution in [3.8, 4) is 5.75 Å². The van der Waals surface area contributed by atoms with Crippen LogP contribution in [-0.2, 0) is 17.2 Å². The van der Waals surface area contributed by atoms with E-state index in [1.54, 1.807) is 24.3 Å². The quantitative estimate of drug-likeness (QED) is 0.621. The number of benzene rings is 2. The first-order valence-corrected chi connectivity index (χ1v) is 11.9. The zero-order chi connectivity index (χ0) is 22.1. The van der Waals surface area contributed by atoms with Gasteiger partial charge in [0.15, 0.2) is 5.82 Å². The second-order valence-corrected chi connectivity index (χ2v) is 9.35. The van der Waals surface area contributed by atoms with Crippen molar-refractivity contribution in [3.63, 3.8) is 0 Å². The Hall–Kier alpha value is -3.07. The number of hydrogen-bond donors (Lipinski definition) is 1. The predicted molar refractivity (Wildman–Crippen MR) is 119 cm³/mol. The van der Waals surface area contributed by atoms with Crippen LogP contribution in [0.5, 0.6) is 5.75 Å². The third kappa shape index (κ3) is 4.43. The number of rotatable bonds is 5. The van der Waals surface area contributed by atoms with Gasteiger partial charge in [0.25, 0.3) is 0 Å². The van der Waals surface area contributed by atoms with Gasteiger partial charge in [0.2, 0.25) is 5.95 Å². The summed E-state index contributed by atoms with van der Waals surface area (Å²) in [6.07, 6.45) is 2.20. The molecule has 0 amide bonds. The van der Waals surface area contributed by atoms with E-state index in [-0.39, 0.29) is 17.7 Å². The molecule has 6 nitrogen and oxygen atoms in total. The van der Waals surface area contributed by atoms with Crippen molar-refractivity contribution >= 4 is 28.3 Å². The van der Waals surface area contributed by atoms with E-state index >= 15 is 0 Å². The van der Waals surface area contributed by atoms with Crippen LogP contribution < -0.4 is 15.0 Å². The highest BCUT2D eigenvalue weighted by atomic mass is 32.2. The van der Waals surface area contributed by atoms with Crippen LogP contribution >= 0.6 is 0 Å². The van der Waals surface area contributed by atoms with Crippen LogP contribution in [0.25, 0.3) is 0 Å². The molecule has 1 unspecified atom stereocenters. The van der Waals surface area contributed by atoms with Crippen molar-refractivity contribution in [3.05, 3.63) is 65.9 Å². The number of ether oxygens (including phenoxy) is 1. The van der Waals surface area contributed by atoms with Crippen LogP contribution in [0.4, 0.5) is 26.2 Å². The summed E-state index contributed by atoms with van der Waals surface area (Å²) in [4.78, 5) is 12.0. The number of fused-ring (bicyclic) bond motifs is 1. The first kappa shape index (κ1) is 20.8. The monoisotopic (exact) mass is 456 g/mol. The standard InChI is InChI=1S/C23H22F2N4O2S/c24-15-4-6-18(7-5-15)31-19-8-11-29(12-9-19)23-27-20-10-13-32(30)21(20)22(28-23)26-17-3-1-2-16(25)14-17/h1-7,14,19H,8-13H2,(H,26,27,28). The lowest BCUT2D eigenvalue weighted by molar-refractivity contribution is 0.170. The van der Waals surface area contributed by atoms with Crippen LogP contribution in [-0.4, -0.2) is 39.1 Å². The Balaban J connectivity index is 1.33. The van der Waals surface area contributed by atoms with Crippen molar-refractivity contribution in [2.24, 2.45) is 0 Å². The van der Waals surface area contributed by atoms with Crippen molar-refractivity contribution < 1.29 is 17.7 Å². The largest absolute Gasteiger partial charge is 0.490 e. The average Bonchev–Trinajstić information content (AvgIpc) is 3.17. The summed E-state index contributed by atoms with van der Waals surface area (Å²) < 4.78 is 45.2. The highest BCUT2D eigenvalue weighted by Gasteiger charge is 2.29. The first-order chi connectivity index (χ1) is 15.5. The van der Waals surface area contributed by atoms with Gasteiger partial charge in [-0.3, -0.25) is 4.21 Å². The molecule has 0 saturated carbocycles. The van der Waals surface area contributed by atoms with E-state index in [4.69, 9.17) is 9.72 Å². The second kappa shape index (κ2) is 8.82. The topological polar surface area (TPSA) is 67.4 Å². The van der Waals surface area contributed by atoms with Gasteiger partial charge in [0, 0.05) is 43.8 Å². The van der Waals surface area contributed by atoms with Gasteiger partial charge in [-0.2, -0.15) is 4.98 Å². The van der Waals surface area contributed by atoms with Crippen molar-refractivity contribution in [2.45, 2.75) is 30.3 Å². The summed E-state index contributed by atoms with van der Waals surface area (Å²) in [7, 11) is -1.18. The van der Waals surface area contributed by atoms with Gasteiger partial charge in [0.1, 0.15) is 28.4 Å². The van der Waals surface area contributed by atoms with Gasteiger partial charge in [-0.25, -0.2) is 13.8 Å². The maximum absolute atomic E-state index is 13.6. The third-order valence-electron chi connectivity index (χ3n) is 5.60. The molecule has 2 aliphatic rings. The normalized spacial score (nSPS) is 18.4. The van der Waals surface area contributed by atoms with Crippen LogP contribution in [0.3, 0.4) is 0 Å². The molecule has 9 heteroatoms. The van der Waals surface area contributed by atoms with Crippen molar-refractivity contribution in [1.29, 1.82) is 0 Å². The fraction of sp³-hybridized carbons (Fsp3) is 0.304. The number of nitrogens with zero attached hydrogens (tertiary/aromatic N) is 3. The van der Waals surface area contributed by atoms with Crippen LogP contribution in [0.2, 0.25) is 0 Å². The van der Waals surface area contributed by atoms with E-state index in [2.05, 4.69) is 15.2 Å². The molecule has 0 aliphatic carbocycles. The Labute approximate surface area is 187 Å². The smallest absolute Gasteiger partial charge is 0.227 e. The van der Waals surface area contributed by atoms with Crippen LogP contribution in [0.1, 0.15) is 18.5 Å². The highest BCUT2D eigenvalue weighted by Crippen LogP contribution is 2.32. The molecular formula is C23H22F2N4O2S. The maximum atomic E-state index is 13.6. The van der Waals surface area contributed by atoms with E-state index < -0.39 is 10.8 Å². The Morgan fingerprint density at radius 2 is 1.81 bits per heavy atom. The molecule has 0 spiro atoms. The average molecular weight is 457 g/mol. The Kier molecular flexibility index (Phi) is 5.73. The molecule has 5 rings (SSSR count). The van der Waals surface area contributed by atoms with Crippen LogP contribution in [0, 0.1) is 11.6 Å². The zero-order valence-electron chi connectivity index (χ0n) is 17.3. The molecule has 0 bridgehead atoms. The van der Waals surface area contributed by atoms with Crippen LogP contribution in [0.15, 0.2) is 53.4 Å². The third-order valence-corrected chi connectivity index (χ3v) is 7.06. The number of piperidine rings is 1. The maximum Gasteiger partial charge on any atom is 0.227 e. The Morgan fingerprint density at radius 1 is 1.03 bits per heavy atom. The van der Waals surface area contributed by atoms with E-state index in [0.717, 1.165) is 18.5 Å². The summed E-state index contributed by atoms with van der Waals surface area (Å²) >= 11 is 0. The summed E-state index contributed by atoms with van der Waals surface area (Å²) in [5.41, 5.74) is 1.32. The summed E-state index contributed by atoms with van der Waals surface area (Å²) in [5.74, 6) is 1.56. The summed E-state index contributed by atoms with van der Waals surface area (Å²) in [6.45, 7) is 1.40. The number of hydrogen-bond acceptors (Lipinski definition) is 6. The van der Waals surface area contributed by atoms with E-state index in [1.807, 2.05) is 0 Å². The molecule has 3 aromatic rings. The van der Waals surface area contributed by atoms with E-state index in [0.29, 0.717) is 53.4 Å². The van der Waals surface area contributed by atoms with Gasteiger partial charge in [0.05, 0.1) is 16.5 Å². The molecule has 2 aromatic carbocycles. The Bertz CT molecular complexity index is 1150. The predicted octanol–water partition coefficient (Wildman–Crippen LogP) is 4.21. The van der Waals surface area contributed by atoms with E-state index in [1.165, 1.54) is 24.3 Å². The minimum absolute atomic E-state index is 0.0310. The van der Waals surface area contributed by atoms with Crippen molar-refractivity contribution in [2.75, 3.05) is 29.1 Å². The summed E-state index contributed by atoms with van der Waals surface area (Å²) in [5, 5.41) is 3.13. The van der Waals surface area contributed by atoms with Gasteiger partial charge in [-0.1, -0.05) is 6.07 Å². The SMILES string of the molecule is O=S1CCc2nc(N3CCC(Oc4ccc(F)cc4)CC3)nc(Nc3cccc(F)c3)c21. The lowest BCUT2D eigenvalue weighted by Gasteiger charge is -2.32. The minimum atomic E-state index is -1.18. The Morgan fingerprint density at radius 3 is 2.56 bits per heavy atom. The summed E-state index contributed by atoms with van der Waals surface area (Å²) in [6, 6.07) is 12.2. The van der Waals surface area contributed by atoms with Gasteiger partial charge in [-0.15, -0.1) is 0 Å². The lowest BCUT2D eigenvalue weighted by Crippen LogP contribution is -2.39. The fourth-order valence-electron chi connectivity index (χ4n) is 3.99. The van der Waals surface area contributed by atoms with E-state index in [9.17, 15) is 13.0 Å². The molecule has 1 fully saturated rings. The molecule has 1 aromatic heterocycles. The number of halogens is 2. The second-order valence-electron chi connectivity index (χ2n) is 7.84. The van der Waals surface area contributed by atoms with Crippen molar-refractivity contribution in [1.82, 2.24) is 9.97 Å². The number of aryl methyl sites for hydroxylation is 1. The molecule has 0 radical (unpaired) electrons. The lowest BCUT2D eigenvalue weighted by atomic mass is 10.1. The molecule has 1 N–H and O–H groups in total. The highest BCUT2D eigenvalue weighted by molar-refractivity contribution is 7.85. The number of nitrogens with one attached hydrogen (secondary N) is 1.